The number of carbonyl (C=O) groups is 3. The molecule has 1 atom stereocenters. The molecule has 17 heavy (non-hydrogen) atoms. The van der Waals surface area contributed by atoms with Crippen LogP contribution in [-0.2, 0) is 14.4 Å². The molecule has 1 unspecified atom stereocenters. The fraction of sp³-hybridized carbons (Fsp3) is 0.625. The number of nitrogens with two attached hydrogens (primary N) is 1. The minimum atomic E-state index is -4.50. The van der Waals surface area contributed by atoms with Crippen molar-refractivity contribution in [2.45, 2.75) is 31.5 Å². The molecule has 0 radical (unpaired) electrons. The lowest BCUT2D eigenvalue weighted by Gasteiger charge is -2.13. The first-order valence-electron chi connectivity index (χ1n) is 4.49. The molecule has 0 aliphatic rings. The Hall–Kier alpha value is -1.80. The normalized spacial score (nSPS) is 12.9. The lowest BCUT2D eigenvalue weighted by molar-refractivity contribution is -0.147. The monoisotopic (exact) mass is 256 g/mol. The van der Waals surface area contributed by atoms with E-state index in [1.54, 1.807) is 5.32 Å². The van der Waals surface area contributed by atoms with E-state index in [9.17, 15) is 27.6 Å². The first kappa shape index (κ1) is 15.2. The second-order valence-corrected chi connectivity index (χ2v) is 3.24. The molecule has 2 amide bonds. The summed E-state index contributed by atoms with van der Waals surface area (Å²) >= 11 is 0. The third-order valence-corrected chi connectivity index (χ3v) is 1.67. The van der Waals surface area contributed by atoms with Crippen LogP contribution >= 0.6 is 0 Å². The van der Waals surface area contributed by atoms with E-state index in [-0.39, 0.29) is 0 Å². The molecular formula is C8H11F3N2O4. The fourth-order valence-corrected chi connectivity index (χ4v) is 0.923. The summed E-state index contributed by atoms with van der Waals surface area (Å²) in [4.78, 5) is 31.9. The number of carbonyl (C=O) groups excluding carboxylic acids is 2. The van der Waals surface area contributed by atoms with E-state index < -0.39 is 49.3 Å². The van der Waals surface area contributed by atoms with E-state index >= 15 is 0 Å². The van der Waals surface area contributed by atoms with Gasteiger partial charge in [-0.05, 0) is 0 Å². The summed E-state index contributed by atoms with van der Waals surface area (Å²) in [6.45, 7) is 0. The average molecular weight is 256 g/mol. The molecule has 0 aliphatic heterocycles. The van der Waals surface area contributed by atoms with Crippen molar-refractivity contribution in [3.8, 4) is 0 Å². The van der Waals surface area contributed by atoms with E-state index in [0.29, 0.717) is 0 Å². The molecule has 0 saturated carbocycles. The van der Waals surface area contributed by atoms with Crippen molar-refractivity contribution in [3.05, 3.63) is 0 Å². The molecule has 0 heterocycles. The predicted octanol–water partition coefficient (Wildman–Crippen LogP) is -0.226. The van der Waals surface area contributed by atoms with E-state index in [1.165, 1.54) is 0 Å². The first-order chi connectivity index (χ1) is 7.61. The van der Waals surface area contributed by atoms with Crippen LogP contribution in [0.4, 0.5) is 13.2 Å². The summed E-state index contributed by atoms with van der Waals surface area (Å²) in [6, 6.07) is -1.60. The Balaban J connectivity index is 4.22. The van der Waals surface area contributed by atoms with Gasteiger partial charge in [0.25, 0.3) is 0 Å². The number of hydrogen-bond donors (Lipinski definition) is 3. The maximum absolute atomic E-state index is 11.8. The van der Waals surface area contributed by atoms with Gasteiger partial charge >= 0.3 is 12.1 Å². The van der Waals surface area contributed by atoms with Gasteiger partial charge in [0.2, 0.25) is 11.8 Å². The highest BCUT2D eigenvalue weighted by atomic mass is 19.4. The Labute approximate surface area is 94.0 Å². The second kappa shape index (κ2) is 6.06. The molecule has 0 spiro atoms. The number of carboxylic acid groups (broad SMARTS) is 1. The maximum atomic E-state index is 11.8. The summed E-state index contributed by atoms with van der Waals surface area (Å²) in [6.07, 6.45) is -7.43. The molecule has 0 aromatic carbocycles. The minimum Gasteiger partial charge on any atom is -0.480 e. The molecule has 0 bridgehead atoms. The van der Waals surface area contributed by atoms with Gasteiger partial charge in [0.05, 0.1) is 12.8 Å². The van der Waals surface area contributed by atoms with Crippen LogP contribution in [-0.4, -0.2) is 35.1 Å². The predicted molar refractivity (Wildman–Crippen MR) is 48.7 cm³/mol. The zero-order chi connectivity index (χ0) is 13.6. The molecule has 6 nitrogen and oxygen atoms in total. The van der Waals surface area contributed by atoms with Crippen LogP contribution in [0.3, 0.4) is 0 Å². The van der Waals surface area contributed by atoms with Crippen LogP contribution in [0.2, 0.25) is 0 Å². The van der Waals surface area contributed by atoms with Crippen molar-refractivity contribution >= 4 is 17.8 Å². The number of nitrogens with one attached hydrogen (secondary N) is 1. The molecule has 9 heteroatoms. The van der Waals surface area contributed by atoms with Crippen molar-refractivity contribution in [2.24, 2.45) is 5.73 Å². The Morgan fingerprint density at radius 1 is 1.29 bits per heavy atom. The first-order valence-corrected chi connectivity index (χ1v) is 4.49. The third-order valence-electron chi connectivity index (χ3n) is 1.67. The zero-order valence-corrected chi connectivity index (χ0v) is 8.58. The van der Waals surface area contributed by atoms with E-state index in [0.717, 1.165) is 0 Å². The maximum Gasteiger partial charge on any atom is 0.389 e. The van der Waals surface area contributed by atoms with Gasteiger partial charge in [-0.3, -0.25) is 9.59 Å². The summed E-state index contributed by atoms with van der Waals surface area (Å²) in [5.41, 5.74) is 4.72. The number of alkyl halides is 3. The zero-order valence-electron chi connectivity index (χ0n) is 8.58. The van der Waals surface area contributed by atoms with Crippen LogP contribution in [0.5, 0.6) is 0 Å². The van der Waals surface area contributed by atoms with E-state index in [2.05, 4.69) is 0 Å². The van der Waals surface area contributed by atoms with Crippen molar-refractivity contribution in [1.29, 1.82) is 0 Å². The minimum absolute atomic E-state index is 0.674. The summed E-state index contributed by atoms with van der Waals surface area (Å²) < 4.78 is 35.3. The van der Waals surface area contributed by atoms with Crippen LogP contribution in [0.1, 0.15) is 19.3 Å². The third kappa shape index (κ3) is 8.05. The molecule has 0 aromatic heterocycles. The number of hydrogen-bond acceptors (Lipinski definition) is 3. The van der Waals surface area contributed by atoms with E-state index in [1.807, 2.05) is 0 Å². The molecular weight excluding hydrogens is 245 g/mol. The molecule has 0 aromatic rings. The number of rotatable bonds is 6. The number of aliphatic carboxylic acids is 1. The SMILES string of the molecule is NC(=O)CC(NC(=O)CCC(F)(F)F)C(=O)O. The smallest absolute Gasteiger partial charge is 0.389 e. The van der Waals surface area contributed by atoms with Gasteiger partial charge < -0.3 is 16.2 Å². The van der Waals surface area contributed by atoms with Crippen LogP contribution in [0.25, 0.3) is 0 Å². The number of primary amides is 1. The largest absolute Gasteiger partial charge is 0.480 e. The molecule has 0 fully saturated rings. The van der Waals surface area contributed by atoms with Crippen LogP contribution < -0.4 is 11.1 Å². The number of carboxylic acids is 1. The van der Waals surface area contributed by atoms with Crippen molar-refractivity contribution in [2.75, 3.05) is 0 Å². The number of halogens is 3. The number of amides is 2. The second-order valence-electron chi connectivity index (χ2n) is 3.24. The van der Waals surface area contributed by atoms with Gasteiger partial charge in [-0.1, -0.05) is 0 Å². The highest BCUT2D eigenvalue weighted by Crippen LogP contribution is 2.21. The quantitative estimate of drug-likeness (QED) is 0.609. The van der Waals surface area contributed by atoms with Gasteiger partial charge in [-0.15, -0.1) is 0 Å². The van der Waals surface area contributed by atoms with Crippen LogP contribution in [0, 0.1) is 0 Å². The Bertz CT molecular complexity index is 316. The van der Waals surface area contributed by atoms with Gasteiger partial charge in [0.1, 0.15) is 6.04 Å². The van der Waals surface area contributed by atoms with Crippen molar-refractivity contribution < 1.29 is 32.7 Å². The Kier molecular flexibility index (Phi) is 5.42. The summed E-state index contributed by atoms with van der Waals surface area (Å²) in [5, 5.41) is 10.3. The lowest BCUT2D eigenvalue weighted by Crippen LogP contribution is -2.43. The lowest BCUT2D eigenvalue weighted by atomic mass is 10.2. The molecule has 0 saturated heterocycles. The highest BCUT2D eigenvalue weighted by Gasteiger charge is 2.29. The van der Waals surface area contributed by atoms with Gasteiger partial charge in [-0.2, -0.15) is 13.2 Å². The van der Waals surface area contributed by atoms with Crippen molar-refractivity contribution in [1.82, 2.24) is 5.32 Å². The standard InChI is InChI=1S/C8H11F3N2O4/c9-8(10,11)2-1-6(15)13-4(7(16)17)3-5(12)14/h4H,1-3H2,(H2,12,14)(H,13,15)(H,16,17). The fourth-order valence-electron chi connectivity index (χ4n) is 0.923. The van der Waals surface area contributed by atoms with Crippen molar-refractivity contribution in [3.63, 3.8) is 0 Å². The topological polar surface area (TPSA) is 109 Å². The molecule has 0 rings (SSSR count). The Morgan fingerprint density at radius 3 is 2.18 bits per heavy atom. The summed E-state index contributed by atoms with van der Waals surface area (Å²) in [7, 11) is 0. The molecule has 0 aliphatic carbocycles. The van der Waals surface area contributed by atoms with Crippen LogP contribution in [0.15, 0.2) is 0 Å². The van der Waals surface area contributed by atoms with Gasteiger partial charge in [0.15, 0.2) is 0 Å². The molecule has 4 N–H and O–H groups in total. The van der Waals surface area contributed by atoms with Gasteiger partial charge in [-0.25, -0.2) is 4.79 Å². The molecule has 98 valence electrons. The summed E-state index contributed by atoms with van der Waals surface area (Å²) in [5.74, 6) is -3.62. The Morgan fingerprint density at radius 2 is 1.82 bits per heavy atom. The average Bonchev–Trinajstić information content (AvgIpc) is 2.11. The van der Waals surface area contributed by atoms with Gasteiger partial charge in [0, 0.05) is 6.42 Å². The highest BCUT2D eigenvalue weighted by molar-refractivity contribution is 5.88. The van der Waals surface area contributed by atoms with E-state index in [4.69, 9.17) is 10.8 Å².